The Kier molecular flexibility index (Phi) is 1.62. The molecular weight excluding hydrogens is 170 g/mol. The van der Waals surface area contributed by atoms with Gasteiger partial charge in [0.05, 0.1) is 6.04 Å². The van der Waals surface area contributed by atoms with Gasteiger partial charge in [-0.05, 0) is 13.8 Å². The number of hydrogen-bond donors (Lipinski definition) is 0. The Morgan fingerprint density at radius 2 is 2.15 bits per heavy atom. The topological polar surface area (TPSA) is 46.6 Å². The first-order valence-corrected chi connectivity index (χ1v) is 4.52. The molecule has 2 aliphatic rings. The summed E-state index contributed by atoms with van der Waals surface area (Å²) in [5.74, 6) is 0.171. The lowest BCUT2D eigenvalue weighted by atomic mass is 9.95. The van der Waals surface area contributed by atoms with E-state index in [9.17, 15) is 9.59 Å². The molecular formula is C9H13NO3. The van der Waals surface area contributed by atoms with Gasteiger partial charge >= 0.3 is 6.09 Å². The SMILES string of the molecule is CC1(C)C[C@H]2C(=O)CCN2C(=O)O1. The molecule has 0 unspecified atom stereocenters. The number of Topliss-reactive ketones (excluding diaryl/α,β-unsaturated/α-hetero) is 1. The average molecular weight is 183 g/mol. The molecule has 2 fully saturated rings. The summed E-state index contributed by atoms with van der Waals surface area (Å²) in [4.78, 5) is 24.3. The highest BCUT2D eigenvalue weighted by molar-refractivity contribution is 5.91. The molecule has 2 heterocycles. The Morgan fingerprint density at radius 1 is 1.46 bits per heavy atom. The van der Waals surface area contributed by atoms with Gasteiger partial charge in [-0.15, -0.1) is 0 Å². The van der Waals surface area contributed by atoms with E-state index >= 15 is 0 Å². The van der Waals surface area contributed by atoms with E-state index in [1.165, 1.54) is 4.90 Å². The van der Waals surface area contributed by atoms with Gasteiger partial charge in [0, 0.05) is 19.4 Å². The third kappa shape index (κ3) is 1.30. The number of nitrogens with zero attached hydrogens (tertiary/aromatic N) is 1. The molecule has 0 radical (unpaired) electrons. The highest BCUT2D eigenvalue weighted by atomic mass is 16.6. The fourth-order valence-electron chi connectivity index (χ4n) is 1.97. The van der Waals surface area contributed by atoms with Crippen molar-refractivity contribution in [2.45, 2.75) is 38.3 Å². The molecule has 0 aromatic carbocycles. The van der Waals surface area contributed by atoms with Gasteiger partial charge in [0.1, 0.15) is 5.60 Å². The van der Waals surface area contributed by atoms with Crippen LogP contribution in [0.1, 0.15) is 26.7 Å². The van der Waals surface area contributed by atoms with Crippen molar-refractivity contribution in [2.24, 2.45) is 0 Å². The van der Waals surface area contributed by atoms with Crippen LogP contribution in [0.5, 0.6) is 0 Å². The summed E-state index contributed by atoms with van der Waals surface area (Å²) < 4.78 is 5.17. The van der Waals surface area contributed by atoms with Crippen LogP contribution in [0.2, 0.25) is 0 Å². The molecule has 0 aliphatic carbocycles. The van der Waals surface area contributed by atoms with E-state index in [4.69, 9.17) is 4.74 Å². The van der Waals surface area contributed by atoms with Crippen molar-refractivity contribution in [3.8, 4) is 0 Å². The molecule has 4 heteroatoms. The summed E-state index contributed by atoms with van der Waals surface area (Å²) in [5.41, 5.74) is -0.488. The van der Waals surface area contributed by atoms with Crippen LogP contribution in [-0.2, 0) is 9.53 Å². The third-order valence-electron chi connectivity index (χ3n) is 2.63. The largest absolute Gasteiger partial charge is 0.443 e. The molecule has 4 nitrogen and oxygen atoms in total. The maximum atomic E-state index is 11.4. The van der Waals surface area contributed by atoms with Crippen molar-refractivity contribution in [3.63, 3.8) is 0 Å². The van der Waals surface area contributed by atoms with Crippen molar-refractivity contribution >= 4 is 11.9 Å². The number of ether oxygens (including phenoxy) is 1. The lowest BCUT2D eigenvalue weighted by Crippen LogP contribution is -2.51. The number of cyclic esters (lactones) is 1. The average Bonchev–Trinajstić information content (AvgIpc) is 2.30. The Labute approximate surface area is 76.8 Å². The first-order chi connectivity index (χ1) is 5.99. The van der Waals surface area contributed by atoms with Crippen molar-refractivity contribution < 1.29 is 14.3 Å². The van der Waals surface area contributed by atoms with Crippen LogP contribution in [0, 0.1) is 0 Å². The van der Waals surface area contributed by atoms with Gasteiger partial charge in [-0.3, -0.25) is 9.69 Å². The first-order valence-electron chi connectivity index (χ1n) is 4.52. The minimum absolute atomic E-state index is 0.171. The smallest absolute Gasteiger partial charge is 0.410 e. The van der Waals surface area contributed by atoms with Crippen molar-refractivity contribution in [2.75, 3.05) is 6.54 Å². The minimum Gasteiger partial charge on any atom is -0.443 e. The monoisotopic (exact) mass is 183 g/mol. The number of rotatable bonds is 0. The molecule has 0 aromatic heterocycles. The second-order valence-electron chi connectivity index (χ2n) is 4.26. The quantitative estimate of drug-likeness (QED) is 0.561. The second-order valence-corrected chi connectivity index (χ2v) is 4.26. The number of fused-ring (bicyclic) bond motifs is 1. The Morgan fingerprint density at radius 3 is 2.85 bits per heavy atom. The van der Waals surface area contributed by atoms with Gasteiger partial charge in [-0.1, -0.05) is 0 Å². The Bertz CT molecular complexity index is 272. The number of carbonyl (C=O) groups is 2. The zero-order chi connectivity index (χ0) is 9.64. The summed E-state index contributed by atoms with van der Waals surface area (Å²) in [5, 5.41) is 0. The summed E-state index contributed by atoms with van der Waals surface area (Å²) in [6.07, 6.45) is 0.764. The zero-order valence-electron chi connectivity index (χ0n) is 7.87. The van der Waals surface area contributed by atoms with E-state index in [1.807, 2.05) is 13.8 Å². The van der Waals surface area contributed by atoms with Gasteiger partial charge in [0.15, 0.2) is 5.78 Å². The molecule has 0 bridgehead atoms. The Hall–Kier alpha value is -1.06. The molecule has 2 rings (SSSR count). The molecule has 0 saturated carbocycles. The molecule has 0 spiro atoms. The van der Waals surface area contributed by atoms with Crippen LogP contribution in [0.3, 0.4) is 0 Å². The number of amides is 1. The van der Waals surface area contributed by atoms with E-state index in [0.717, 1.165) is 0 Å². The van der Waals surface area contributed by atoms with E-state index in [0.29, 0.717) is 19.4 Å². The lowest BCUT2D eigenvalue weighted by Gasteiger charge is -2.38. The summed E-state index contributed by atoms with van der Waals surface area (Å²) in [7, 11) is 0. The van der Waals surface area contributed by atoms with E-state index < -0.39 is 5.60 Å². The van der Waals surface area contributed by atoms with Crippen LogP contribution in [-0.4, -0.2) is 35.0 Å². The standard InChI is InChI=1S/C9H13NO3/c1-9(2)5-6-7(11)3-4-10(6)8(12)13-9/h6H,3-5H2,1-2H3/t6-/m0/s1. The van der Waals surface area contributed by atoms with Crippen molar-refractivity contribution in [1.82, 2.24) is 4.90 Å². The molecule has 72 valence electrons. The van der Waals surface area contributed by atoms with Crippen molar-refractivity contribution in [3.05, 3.63) is 0 Å². The number of carbonyl (C=O) groups excluding carboxylic acids is 2. The highest BCUT2D eigenvalue weighted by Crippen LogP contribution is 2.31. The summed E-state index contributed by atoms with van der Waals surface area (Å²) in [6, 6.07) is -0.226. The van der Waals surface area contributed by atoms with Crippen molar-refractivity contribution in [1.29, 1.82) is 0 Å². The van der Waals surface area contributed by atoms with E-state index in [2.05, 4.69) is 0 Å². The van der Waals surface area contributed by atoms with E-state index in [-0.39, 0.29) is 17.9 Å². The summed E-state index contributed by atoms with van der Waals surface area (Å²) >= 11 is 0. The minimum atomic E-state index is -0.488. The maximum absolute atomic E-state index is 11.4. The van der Waals surface area contributed by atoms with Crippen LogP contribution >= 0.6 is 0 Å². The van der Waals surface area contributed by atoms with Gasteiger partial charge in [0.2, 0.25) is 0 Å². The molecule has 0 N–H and O–H groups in total. The van der Waals surface area contributed by atoms with Crippen LogP contribution in [0.25, 0.3) is 0 Å². The fourth-order valence-corrected chi connectivity index (χ4v) is 1.97. The van der Waals surface area contributed by atoms with Crippen LogP contribution in [0.4, 0.5) is 4.79 Å². The van der Waals surface area contributed by atoms with Gasteiger partial charge in [0.25, 0.3) is 0 Å². The second kappa shape index (κ2) is 2.47. The lowest BCUT2D eigenvalue weighted by molar-refractivity contribution is -0.124. The summed E-state index contributed by atoms with van der Waals surface area (Å²) in [6.45, 7) is 4.21. The maximum Gasteiger partial charge on any atom is 0.410 e. The third-order valence-corrected chi connectivity index (χ3v) is 2.63. The molecule has 2 aliphatic heterocycles. The predicted molar refractivity (Wildman–Crippen MR) is 45.3 cm³/mol. The zero-order valence-corrected chi connectivity index (χ0v) is 7.87. The first kappa shape index (κ1) is 8.53. The van der Waals surface area contributed by atoms with Crippen LogP contribution < -0.4 is 0 Å². The Balaban J connectivity index is 2.24. The van der Waals surface area contributed by atoms with Gasteiger partial charge < -0.3 is 4.74 Å². The van der Waals surface area contributed by atoms with E-state index in [1.54, 1.807) is 0 Å². The molecule has 2 saturated heterocycles. The molecule has 1 amide bonds. The fraction of sp³-hybridized carbons (Fsp3) is 0.778. The van der Waals surface area contributed by atoms with Crippen LogP contribution in [0.15, 0.2) is 0 Å². The number of ketones is 1. The van der Waals surface area contributed by atoms with Gasteiger partial charge in [-0.2, -0.15) is 0 Å². The normalized spacial score (nSPS) is 31.5. The predicted octanol–water partition coefficient (Wildman–Crippen LogP) is 0.949. The van der Waals surface area contributed by atoms with Gasteiger partial charge in [-0.25, -0.2) is 4.79 Å². The number of hydrogen-bond acceptors (Lipinski definition) is 3. The molecule has 0 aromatic rings. The molecule has 13 heavy (non-hydrogen) atoms. The molecule has 1 atom stereocenters. The highest BCUT2D eigenvalue weighted by Gasteiger charge is 2.46.